The van der Waals surface area contributed by atoms with Gasteiger partial charge >= 0.3 is 0 Å². The highest BCUT2D eigenvalue weighted by Crippen LogP contribution is 2.28. The molecule has 138 valence electrons. The van der Waals surface area contributed by atoms with Gasteiger partial charge in [-0.1, -0.05) is 29.8 Å². The van der Waals surface area contributed by atoms with Crippen molar-refractivity contribution < 1.29 is 17.9 Å². The standard InChI is InChI=1S/C19H20ClNO4S/c1-25-18-8-7-14(20)13-17(18)19(22)21-11-9-16(10-12-21)26(23,24)15-5-3-2-4-6-15/h2-8,13,16H,9-12H2,1H3. The molecule has 3 rings (SSSR count). The number of ether oxygens (including phenoxy) is 1. The van der Waals surface area contributed by atoms with Crippen LogP contribution in [0.15, 0.2) is 53.4 Å². The molecule has 1 aliphatic rings. The number of hydrogen-bond donors (Lipinski definition) is 0. The molecule has 0 unspecified atom stereocenters. The second kappa shape index (κ2) is 7.68. The molecule has 1 aliphatic heterocycles. The van der Waals surface area contributed by atoms with Gasteiger partial charge in [-0.25, -0.2) is 8.42 Å². The van der Waals surface area contributed by atoms with Gasteiger partial charge in [-0.05, 0) is 43.2 Å². The summed E-state index contributed by atoms with van der Waals surface area (Å²) >= 11 is 6.00. The van der Waals surface area contributed by atoms with Crippen LogP contribution in [0, 0.1) is 0 Å². The molecule has 1 heterocycles. The lowest BCUT2D eigenvalue weighted by Crippen LogP contribution is -2.42. The second-order valence-corrected chi connectivity index (χ2v) is 8.86. The van der Waals surface area contributed by atoms with Crippen molar-refractivity contribution in [1.29, 1.82) is 0 Å². The van der Waals surface area contributed by atoms with Crippen LogP contribution in [-0.2, 0) is 9.84 Å². The third-order valence-corrected chi connectivity index (χ3v) is 7.15. The summed E-state index contributed by atoms with van der Waals surface area (Å²) in [5.41, 5.74) is 0.393. The lowest BCUT2D eigenvalue weighted by molar-refractivity contribution is 0.0722. The zero-order valence-electron chi connectivity index (χ0n) is 14.4. The van der Waals surface area contributed by atoms with Crippen molar-refractivity contribution in [3.05, 3.63) is 59.1 Å². The number of piperidine rings is 1. The van der Waals surface area contributed by atoms with E-state index in [1.165, 1.54) is 7.11 Å². The molecule has 0 aliphatic carbocycles. The first-order valence-electron chi connectivity index (χ1n) is 8.35. The van der Waals surface area contributed by atoms with Gasteiger partial charge in [-0.2, -0.15) is 0 Å². The fourth-order valence-corrected chi connectivity index (χ4v) is 5.11. The van der Waals surface area contributed by atoms with Crippen LogP contribution in [0.5, 0.6) is 5.75 Å². The third kappa shape index (κ3) is 3.71. The van der Waals surface area contributed by atoms with Crippen molar-refractivity contribution in [3.8, 4) is 5.75 Å². The Bertz CT molecular complexity index is 891. The molecular formula is C19H20ClNO4S. The minimum atomic E-state index is -3.38. The number of halogens is 1. The summed E-state index contributed by atoms with van der Waals surface area (Å²) in [7, 11) is -1.88. The van der Waals surface area contributed by atoms with E-state index in [1.54, 1.807) is 53.4 Å². The summed E-state index contributed by atoms with van der Waals surface area (Å²) in [5.74, 6) is 0.262. The number of likely N-dealkylation sites (tertiary alicyclic amines) is 1. The first-order valence-corrected chi connectivity index (χ1v) is 10.3. The summed E-state index contributed by atoms with van der Waals surface area (Å²) in [6.45, 7) is 0.760. The van der Waals surface area contributed by atoms with Gasteiger partial charge in [0.1, 0.15) is 5.75 Å². The van der Waals surface area contributed by atoms with Crippen molar-refractivity contribution in [2.45, 2.75) is 23.0 Å². The number of nitrogens with zero attached hydrogens (tertiary/aromatic N) is 1. The molecule has 1 fully saturated rings. The van der Waals surface area contributed by atoms with E-state index in [0.717, 1.165) is 0 Å². The maximum atomic E-state index is 12.8. The maximum absolute atomic E-state index is 12.8. The Balaban J connectivity index is 1.73. The van der Waals surface area contributed by atoms with E-state index in [9.17, 15) is 13.2 Å². The van der Waals surface area contributed by atoms with Gasteiger partial charge in [0.25, 0.3) is 5.91 Å². The van der Waals surface area contributed by atoms with E-state index >= 15 is 0 Å². The van der Waals surface area contributed by atoms with Gasteiger partial charge in [-0.15, -0.1) is 0 Å². The maximum Gasteiger partial charge on any atom is 0.257 e. The van der Waals surface area contributed by atoms with Gasteiger partial charge in [0.15, 0.2) is 9.84 Å². The van der Waals surface area contributed by atoms with Crippen molar-refractivity contribution in [3.63, 3.8) is 0 Å². The van der Waals surface area contributed by atoms with E-state index in [0.29, 0.717) is 47.2 Å². The molecule has 0 N–H and O–H groups in total. The predicted octanol–water partition coefficient (Wildman–Crippen LogP) is 3.43. The second-order valence-electron chi connectivity index (χ2n) is 6.19. The summed E-state index contributed by atoms with van der Waals surface area (Å²) in [4.78, 5) is 14.8. The Morgan fingerprint density at radius 1 is 1.12 bits per heavy atom. The number of sulfone groups is 1. The van der Waals surface area contributed by atoms with Crippen LogP contribution < -0.4 is 4.74 Å². The summed E-state index contributed by atoms with van der Waals surface area (Å²) in [5, 5.41) is -0.0223. The normalized spacial score (nSPS) is 15.7. The van der Waals surface area contributed by atoms with E-state index in [4.69, 9.17) is 16.3 Å². The van der Waals surface area contributed by atoms with Gasteiger partial charge in [0.2, 0.25) is 0 Å². The van der Waals surface area contributed by atoms with Crippen LogP contribution in [0.25, 0.3) is 0 Å². The monoisotopic (exact) mass is 393 g/mol. The molecule has 0 atom stereocenters. The Hall–Kier alpha value is -2.05. The van der Waals surface area contributed by atoms with E-state index in [2.05, 4.69) is 0 Å². The molecule has 1 amide bonds. The minimum Gasteiger partial charge on any atom is -0.496 e. The number of carbonyl (C=O) groups is 1. The summed E-state index contributed by atoms with van der Waals surface area (Å²) in [6.07, 6.45) is 0.817. The molecule has 0 aromatic heterocycles. The fraction of sp³-hybridized carbons (Fsp3) is 0.316. The molecule has 26 heavy (non-hydrogen) atoms. The molecule has 0 radical (unpaired) electrons. The van der Waals surface area contributed by atoms with Gasteiger partial charge in [-0.3, -0.25) is 4.79 Å². The minimum absolute atomic E-state index is 0.195. The Morgan fingerprint density at radius 3 is 2.38 bits per heavy atom. The zero-order valence-corrected chi connectivity index (χ0v) is 16.0. The van der Waals surface area contributed by atoms with Crippen molar-refractivity contribution >= 4 is 27.3 Å². The highest BCUT2D eigenvalue weighted by molar-refractivity contribution is 7.92. The average Bonchev–Trinajstić information content (AvgIpc) is 2.68. The number of rotatable bonds is 4. The third-order valence-electron chi connectivity index (χ3n) is 4.63. The van der Waals surface area contributed by atoms with E-state index in [-0.39, 0.29) is 5.91 Å². The van der Waals surface area contributed by atoms with Crippen LogP contribution in [0.4, 0.5) is 0 Å². The largest absolute Gasteiger partial charge is 0.496 e. The molecule has 1 saturated heterocycles. The van der Waals surface area contributed by atoms with E-state index in [1.807, 2.05) is 0 Å². The van der Waals surface area contributed by atoms with Crippen LogP contribution in [0.1, 0.15) is 23.2 Å². The van der Waals surface area contributed by atoms with Crippen LogP contribution in [0.3, 0.4) is 0 Å². The number of amides is 1. The van der Waals surface area contributed by atoms with Crippen molar-refractivity contribution in [1.82, 2.24) is 4.90 Å². The zero-order chi connectivity index (χ0) is 18.7. The van der Waals surface area contributed by atoms with Crippen LogP contribution in [-0.4, -0.2) is 44.7 Å². The first-order chi connectivity index (χ1) is 12.4. The molecule has 5 nitrogen and oxygen atoms in total. The first kappa shape index (κ1) is 18.7. The smallest absolute Gasteiger partial charge is 0.257 e. The molecule has 0 bridgehead atoms. The summed E-state index contributed by atoms with van der Waals surface area (Å²) < 4.78 is 30.7. The highest BCUT2D eigenvalue weighted by atomic mass is 35.5. The number of hydrogen-bond acceptors (Lipinski definition) is 4. The molecular weight excluding hydrogens is 374 g/mol. The Morgan fingerprint density at radius 2 is 1.77 bits per heavy atom. The van der Waals surface area contributed by atoms with Gasteiger partial charge in [0, 0.05) is 18.1 Å². The number of benzene rings is 2. The molecule has 2 aromatic carbocycles. The average molecular weight is 394 g/mol. The van der Waals surface area contributed by atoms with Crippen LogP contribution >= 0.6 is 11.6 Å². The molecule has 7 heteroatoms. The quantitative estimate of drug-likeness (QED) is 0.798. The fourth-order valence-electron chi connectivity index (χ4n) is 3.19. The highest BCUT2D eigenvalue weighted by Gasteiger charge is 2.33. The van der Waals surface area contributed by atoms with Crippen LogP contribution in [0.2, 0.25) is 5.02 Å². The lowest BCUT2D eigenvalue weighted by Gasteiger charge is -2.32. The molecule has 2 aromatic rings. The SMILES string of the molecule is COc1ccc(Cl)cc1C(=O)N1CCC(S(=O)(=O)c2ccccc2)CC1. The molecule has 0 saturated carbocycles. The topological polar surface area (TPSA) is 63.7 Å². The predicted molar refractivity (Wildman–Crippen MR) is 101 cm³/mol. The van der Waals surface area contributed by atoms with Gasteiger partial charge in [0.05, 0.1) is 22.8 Å². The summed E-state index contributed by atoms with van der Waals surface area (Å²) in [6, 6.07) is 13.4. The number of carbonyl (C=O) groups excluding carboxylic acids is 1. The van der Waals surface area contributed by atoms with Gasteiger partial charge < -0.3 is 9.64 Å². The van der Waals surface area contributed by atoms with E-state index < -0.39 is 15.1 Å². The molecule has 0 spiro atoms. The van der Waals surface area contributed by atoms with Crippen molar-refractivity contribution in [2.75, 3.05) is 20.2 Å². The number of methoxy groups -OCH3 is 1. The Labute approximate surface area is 158 Å². The Kier molecular flexibility index (Phi) is 5.53. The van der Waals surface area contributed by atoms with Crippen molar-refractivity contribution in [2.24, 2.45) is 0 Å². The lowest BCUT2D eigenvalue weighted by atomic mass is 10.1.